The van der Waals surface area contributed by atoms with Crippen LogP contribution < -0.4 is 5.32 Å². The second-order valence-electron chi connectivity index (χ2n) is 5.59. The average Bonchev–Trinajstić information content (AvgIpc) is 2.78. The third kappa shape index (κ3) is 3.10. The highest BCUT2D eigenvalue weighted by molar-refractivity contribution is 9.10. The quantitative estimate of drug-likeness (QED) is 0.818. The standard InChI is InChI=1S/C18H15BrN2O3/c1-11-6-7-12-13(10-11)18(24)21(17(12)23)9-8-16(22)20-15-5-3-2-4-14(15)19/h2-7,10H,8-9H2,1H3,(H,20,22). The summed E-state index contributed by atoms with van der Waals surface area (Å²) in [6, 6.07) is 12.4. The molecule has 1 N–H and O–H groups in total. The van der Waals surface area contributed by atoms with Crippen LogP contribution in [0.2, 0.25) is 0 Å². The molecule has 1 heterocycles. The molecule has 0 bridgehead atoms. The number of carbonyl (C=O) groups excluding carboxylic acids is 3. The smallest absolute Gasteiger partial charge is 0.261 e. The number of para-hydroxylation sites is 1. The first-order valence-corrected chi connectivity index (χ1v) is 8.28. The van der Waals surface area contributed by atoms with Crippen LogP contribution in [-0.2, 0) is 4.79 Å². The lowest BCUT2D eigenvalue weighted by Crippen LogP contribution is -2.32. The van der Waals surface area contributed by atoms with Gasteiger partial charge in [-0.05, 0) is 47.1 Å². The Morgan fingerprint density at radius 2 is 1.79 bits per heavy atom. The van der Waals surface area contributed by atoms with E-state index in [-0.39, 0.29) is 30.7 Å². The Bertz CT molecular complexity index is 848. The third-order valence-corrected chi connectivity index (χ3v) is 4.53. The Kier molecular flexibility index (Phi) is 4.49. The van der Waals surface area contributed by atoms with E-state index in [9.17, 15) is 14.4 Å². The zero-order valence-corrected chi connectivity index (χ0v) is 14.6. The van der Waals surface area contributed by atoms with Crippen molar-refractivity contribution >= 4 is 39.3 Å². The molecule has 2 aromatic rings. The van der Waals surface area contributed by atoms with Gasteiger partial charge >= 0.3 is 0 Å². The summed E-state index contributed by atoms with van der Waals surface area (Å²) in [6.07, 6.45) is 0.0474. The van der Waals surface area contributed by atoms with Crippen molar-refractivity contribution in [1.29, 1.82) is 0 Å². The van der Waals surface area contributed by atoms with Crippen molar-refractivity contribution in [2.75, 3.05) is 11.9 Å². The van der Waals surface area contributed by atoms with Crippen molar-refractivity contribution in [2.24, 2.45) is 0 Å². The highest BCUT2D eigenvalue weighted by atomic mass is 79.9. The third-order valence-electron chi connectivity index (χ3n) is 3.84. The first-order valence-electron chi connectivity index (χ1n) is 7.48. The predicted molar refractivity (Wildman–Crippen MR) is 93.9 cm³/mol. The second-order valence-corrected chi connectivity index (χ2v) is 6.44. The molecule has 0 aromatic heterocycles. The van der Waals surface area contributed by atoms with Crippen LogP contribution in [0.4, 0.5) is 5.69 Å². The molecule has 122 valence electrons. The average molecular weight is 387 g/mol. The maximum absolute atomic E-state index is 12.4. The number of hydrogen-bond acceptors (Lipinski definition) is 3. The summed E-state index contributed by atoms with van der Waals surface area (Å²) in [5.74, 6) is -0.939. The van der Waals surface area contributed by atoms with Crippen LogP contribution in [0.15, 0.2) is 46.9 Å². The minimum Gasteiger partial charge on any atom is -0.325 e. The number of halogens is 1. The van der Waals surface area contributed by atoms with E-state index in [4.69, 9.17) is 0 Å². The molecule has 0 spiro atoms. The molecule has 24 heavy (non-hydrogen) atoms. The summed E-state index contributed by atoms with van der Waals surface area (Å²) in [6.45, 7) is 1.92. The van der Waals surface area contributed by atoms with Crippen molar-refractivity contribution in [2.45, 2.75) is 13.3 Å². The summed E-state index contributed by atoms with van der Waals surface area (Å²) >= 11 is 3.35. The lowest BCUT2D eigenvalue weighted by molar-refractivity contribution is -0.116. The predicted octanol–water partition coefficient (Wildman–Crippen LogP) is 3.38. The molecule has 6 heteroatoms. The molecule has 0 unspecified atom stereocenters. The minimum absolute atomic E-state index is 0.0474. The van der Waals surface area contributed by atoms with Gasteiger partial charge in [0.15, 0.2) is 0 Å². The molecule has 0 saturated carbocycles. The van der Waals surface area contributed by atoms with Crippen molar-refractivity contribution in [3.8, 4) is 0 Å². The maximum Gasteiger partial charge on any atom is 0.261 e. The zero-order valence-electron chi connectivity index (χ0n) is 13.0. The Hall–Kier alpha value is -2.47. The van der Waals surface area contributed by atoms with Gasteiger partial charge in [0.1, 0.15) is 0 Å². The van der Waals surface area contributed by atoms with Gasteiger partial charge in [-0.1, -0.05) is 23.8 Å². The zero-order chi connectivity index (χ0) is 17.3. The maximum atomic E-state index is 12.4. The fourth-order valence-electron chi connectivity index (χ4n) is 2.60. The van der Waals surface area contributed by atoms with E-state index in [1.165, 1.54) is 0 Å². The summed E-state index contributed by atoms with van der Waals surface area (Å²) < 4.78 is 0.773. The number of nitrogens with one attached hydrogen (secondary N) is 1. The largest absolute Gasteiger partial charge is 0.325 e. The van der Waals surface area contributed by atoms with Gasteiger partial charge in [0.25, 0.3) is 11.8 Å². The molecule has 1 aliphatic heterocycles. The lowest BCUT2D eigenvalue weighted by Gasteiger charge is -2.13. The van der Waals surface area contributed by atoms with Crippen LogP contribution >= 0.6 is 15.9 Å². The molecular formula is C18H15BrN2O3. The van der Waals surface area contributed by atoms with Gasteiger partial charge in [0.2, 0.25) is 5.91 Å². The molecule has 3 amide bonds. The van der Waals surface area contributed by atoms with Gasteiger partial charge in [0, 0.05) is 17.4 Å². The number of amides is 3. The molecule has 3 rings (SSSR count). The number of rotatable bonds is 4. The van der Waals surface area contributed by atoms with E-state index >= 15 is 0 Å². The molecule has 0 atom stereocenters. The van der Waals surface area contributed by atoms with Crippen molar-refractivity contribution in [1.82, 2.24) is 4.90 Å². The minimum atomic E-state index is -0.344. The summed E-state index contributed by atoms with van der Waals surface area (Å²) in [5.41, 5.74) is 2.38. The number of carbonyl (C=O) groups is 3. The van der Waals surface area contributed by atoms with E-state index in [1.807, 2.05) is 25.1 Å². The van der Waals surface area contributed by atoms with Crippen LogP contribution in [0, 0.1) is 6.92 Å². The Morgan fingerprint density at radius 1 is 1.08 bits per heavy atom. The fourth-order valence-corrected chi connectivity index (χ4v) is 2.98. The number of anilines is 1. The lowest BCUT2D eigenvalue weighted by atomic mass is 10.1. The SMILES string of the molecule is Cc1ccc2c(c1)C(=O)N(CCC(=O)Nc1ccccc1Br)C2=O. The second kappa shape index (κ2) is 6.57. The number of benzene rings is 2. The highest BCUT2D eigenvalue weighted by Gasteiger charge is 2.35. The molecule has 0 saturated heterocycles. The fraction of sp³-hybridized carbons (Fsp3) is 0.167. The van der Waals surface area contributed by atoms with Crippen LogP contribution in [0.3, 0.4) is 0 Å². The van der Waals surface area contributed by atoms with Crippen LogP contribution in [-0.4, -0.2) is 29.2 Å². The van der Waals surface area contributed by atoms with E-state index in [2.05, 4.69) is 21.2 Å². The van der Waals surface area contributed by atoms with Gasteiger partial charge in [-0.2, -0.15) is 0 Å². The first kappa shape index (κ1) is 16.4. The van der Waals surface area contributed by atoms with Crippen LogP contribution in [0.5, 0.6) is 0 Å². The molecule has 0 radical (unpaired) electrons. The number of fused-ring (bicyclic) bond motifs is 1. The molecule has 0 fully saturated rings. The highest BCUT2D eigenvalue weighted by Crippen LogP contribution is 2.24. The van der Waals surface area contributed by atoms with Crippen molar-refractivity contribution in [3.05, 3.63) is 63.6 Å². The molecule has 5 nitrogen and oxygen atoms in total. The van der Waals surface area contributed by atoms with Gasteiger partial charge in [0.05, 0.1) is 16.8 Å². The summed E-state index contributed by atoms with van der Waals surface area (Å²) in [4.78, 5) is 37.9. The number of imide groups is 1. The van der Waals surface area contributed by atoms with Crippen LogP contribution in [0.1, 0.15) is 32.7 Å². The number of nitrogens with zero attached hydrogens (tertiary/aromatic N) is 1. The normalized spacial score (nSPS) is 13.2. The topological polar surface area (TPSA) is 66.5 Å². The summed E-state index contributed by atoms with van der Waals surface area (Å²) in [5, 5.41) is 2.76. The monoisotopic (exact) mass is 386 g/mol. The molecule has 0 aliphatic carbocycles. The molecule has 2 aromatic carbocycles. The van der Waals surface area contributed by atoms with E-state index in [0.717, 1.165) is 14.9 Å². The Morgan fingerprint density at radius 3 is 2.54 bits per heavy atom. The van der Waals surface area contributed by atoms with Crippen molar-refractivity contribution < 1.29 is 14.4 Å². The molecular weight excluding hydrogens is 372 g/mol. The molecule has 1 aliphatic rings. The van der Waals surface area contributed by atoms with E-state index < -0.39 is 0 Å². The van der Waals surface area contributed by atoms with Crippen LogP contribution in [0.25, 0.3) is 0 Å². The van der Waals surface area contributed by atoms with Gasteiger partial charge in [-0.15, -0.1) is 0 Å². The van der Waals surface area contributed by atoms with E-state index in [0.29, 0.717) is 16.8 Å². The summed E-state index contributed by atoms with van der Waals surface area (Å²) in [7, 11) is 0. The van der Waals surface area contributed by atoms with Gasteiger partial charge in [-0.25, -0.2) is 0 Å². The number of aryl methyl sites for hydroxylation is 1. The number of hydrogen-bond donors (Lipinski definition) is 1. The Labute approximate surface area is 147 Å². The van der Waals surface area contributed by atoms with E-state index in [1.54, 1.807) is 24.3 Å². The van der Waals surface area contributed by atoms with Crippen molar-refractivity contribution in [3.63, 3.8) is 0 Å². The van der Waals surface area contributed by atoms with Gasteiger partial charge < -0.3 is 5.32 Å². The van der Waals surface area contributed by atoms with Gasteiger partial charge in [-0.3, -0.25) is 19.3 Å². The first-order chi connectivity index (χ1) is 11.5. The Balaban J connectivity index is 1.65.